The number of nitrogens with zero attached hydrogens (tertiary/aromatic N) is 4. The van der Waals surface area contributed by atoms with Crippen molar-refractivity contribution in [1.29, 1.82) is 0 Å². The molecule has 34 heavy (non-hydrogen) atoms. The van der Waals surface area contributed by atoms with Crippen molar-refractivity contribution in [2.45, 2.75) is 32.1 Å². The summed E-state index contributed by atoms with van der Waals surface area (Å²) in [6.45, 7) is 0. The maximum absolute atomic E-state index is 12.0. The number of rotatable bonds is 10. The van der Waals surface area contributed by atoms with Crippen LogP contribution in [0.25, 0.3) is 0 Å². The van der Waals surface area contributed by atoms with Crippen molar-refractivity contribution in [2.24, 2.45) is 0 Å². The molecule has 0 aliphatic carbocycles. The minimum Gasteiger partial charge on any atom is -0.426 e. The van der Waals surface area contributed by atoms with E-state index >= 15 is 0 Å². The molecule has 0 spiro atoms. The molecule has 2 aromatic carbocycles. The van der Waals surface area contributed by atoms with Gasteiger partial charge >= 0.3 is 12.1 Å². The van der Waals surface area contributed by atoms with E-state index in [0.29, 0.717) is 21.6 Å². The molecule has 0 atom stereocenters. The second-order valence-corrected chi connectivity index (χ2v) is 9.30. The number of carbonyl (C=O) groups excluding carboxylic acids is 2. The second-order valence-electron chi connectivity index (χ2n) is 7.09. The highest BCUT2D eigenvalue weighted by molar-refractivity contribution is 7.15. The van der Waals surface area contributed by atoms with Crippen LogP contribution in [0.3, 0.4) is 0 Å². The second kappa shape index (κ2) is 12.0. The summed E-state index contributed by atoms with van der Waals surface area (Å²) in [5.41, 5.74) is 0. The third kappa shape index (κ3) is 7.42. The third-order valence-corrected chi connectivity index (χ3v) is 6.32. The van der Waals surface area contributed by atoms with Crippen molar-refractivity contribution in [3.05, 3.63) is 75.7 Å². The van der Waals surface area contributed by atoms with Crippen LogP contribution in [0.5, 0.6) is 11.5 Å². The summed E-state index contributed by atoms with van der Waals surface area (Å²) >= 11 is 2.74. The lowest BCUT2D eigenvalue weighted by molar-refractivity contribution is -0.133. The quantitative estimate of drug-likeness (QED) is 0.191. The van der Waals surface area contributed by atoms with Gasteiger partial charge in [-0.15, -0.1) is 31.7 Å². The number of carbonyl (C=O) groups is 2. The first-order valence-electron chi connectivity index (χ1n) is 10.6. The normalized spacial score (nSPS) is 10.6. The fraction of sp³-hybridized carbons (Fsp3) is 0.217. The van der Waals surface area contributed by atoms with Crippen LogP contribution in [0.4, 0.5) is 9.93 Å². The van der Waals surface area contributed by atoms with Crippen LogP contribution in [-0.2, 0) is 24.1 Å². The molecular formula is C23H21N5O4S2. The molecule has 0 aliphatic rings. The molecule has 174 valence electrons. The van der Waals surface area contributed by atoms with Gasteiger partial charge in [-0.3, -0.25) is 10.1 Å². The summed E-state index contributed by atoms with van der Waals surface area (Å²) in [5.74, 6) is 0.611. The first-order chi connectivity index (χ1) is 16.6. The van der Waals surface area contributed by atoms with Crippen molar-refractivity contribution in [3.8, 4) is 11.5 Å². The van der Waals surface area contributed by atoms with Crippen LogP contribution in [0.15, 0.2) is 60.7 Å². The van der Waals surface area contributed by atoms with Crippen molar-refractivity contribution < 1.29 is 19.1 Å². The highest BCUT2D eigenvalue weighted by Gasteiger charge is 2.13. The molecule has 0 radical (unpaired) electrons. The van der Waals surface area contributed by atoms with Gasteiger partial charge in [0.2, 0.25) is 5.13 Å². The maximum Gasteiger partial charge on any atom is 0.418 e. The molecule has 0 saturated carbocycles. The number of ether oxygens (including phenoxy) is 2. The van der Waals surface area contributed by atoms with Crippen LogP contribution in [0.2, 0.25) is 0 Å². The fourth-order valence-electron chi connectivity index (χ4n) is 2.91. The van der Waals surface area contributed by atoms with E-state index < -0.39 is 6.09 Å². The predicted octanol–water partition coefficient (Wildman–Crippen LogP) is 4.71. The first-order valence-corrected chi connectivity index (χ1v) is 12.2. The molecule has 2 heterocycles. The largest absolute Gasteiger partial charge is 0.426 e. The molecule has 0 aliphatic heterocycles. The van der Waals surface area contributed by atoms with E-state index in [1.165, 1.54) is 22.7 Å². The topological polar surface area (TPSA) is 116 Å². The number of anilines is 1. The van der Waals surface area contributed by atoms with Crippen LogP contribution in [0.1, 0.15) is 27.9 Å². The fourth-order valence-corrected chi connectivity index (χ4v) is 4.55. The van der Waals surface area contributed by atoms with Crippen LogP contribution in [0, 0.1) is 0 Å². The van der Waals surface area contributed by atoms with E-state index in [9.17, 15) is 9.59 Å². The zero-order chi connectivity index (χ0) is 23.6. The van der Waals surface area contributed by atoms with Crippen LogP contribution >= 0.6 is 22.7 Å². The predicted molar refractivity (Wildman–Crippen MR) is 128 cm³/mol. The van der Waals surface area contributed by atoms with Gasteiger partial charge in [0.15, 0.2) is 0 Å². The standard InChI is InChI=1S/C23H21N5O4S2/c29-21(31-16-9-3-1-4-10-16)15-20-27-25-18(33-20)13-7-8-14-19-26-28-22(34-19)24-23(30)32-17-11-5-2-6-12-17/h1-6,9-12H,7-8,13-15H2,(H,24,28,30). The van der Waals surface area contributed by atoms with E-state index in [-0.39, 0.29) is 12.4 Å². The summed E-state index contributed by atoms with van der Waals surface area (Å²) in [5, 5.41) is 21.7. The van der Waals surface area contributed by atoms with Crippen molar-refractivity contribution >= 4 is 39.9 Å². The molecule has 0 bridgehead atoms. The summed E-state index contributed by atoms with van der Waals surface area (Å²) in [7, 11) is 0. The number of aromatic nitrogens is 4. The zero-order valence-corrected chi connectivity index (χ0v) is 19.7. The number of hydrogen-bond acceptors (Lipinski definition) is 10. The molecule has 4 rings (SSSR count). The number of esters is 1. The summed E-state index contributed by atoms with van der Waals surface area (Å²) in [6, 6.07) is 17.8. The van der Waals surface area contributed by atoms with Gasteiger partial charge in [0.05, 0.1) is 6.42 Å². The summed E-state index contributed by atoms with van der Waals surface area (Å²) < 4.78 is 10.5. The Bertz CT molecular complexity index is 1120. The van der Waals surface area contributed by atoms with Gasteiger partial charge < -0.3 is 9.47 Å². The van der Waals surface area contributed by atoms with E-state index in [1.54, 1.807) is 36.4 Å². The minimum atomic E-state index is -0.603. The van der Waals surface area contributed by atoms with Crippen LogP contribution < -0.4 is 14.8 Å². The highest BCUT2D eigenvalue weighted by Crippen LogP contribution is 2.20. The van der Waals surface area contributed by atoms with Gasteiger partial charge in [-0.05, 0) is 37.1 Å². The van der Waals surface area contributed by atoms with E-state index in [4.69, 9.17) is 9.47 Å². The molecule has 1 amide bonds. The molecule has 0 fully saturated rings. The Morgan fingerprint density at radius 3 is 1.94 bits per heavy atom. The zero-order valence-electron chi connectivity index (χ0n) is 18.0. The maximum atomic E-state index is 12.0. The monoisotopic (exact) mass is 495 g/mol. The first kappa shape index (κ1) is 23.5. The van der Waals surface area contributed by atoms with E-state index in [2.05, 4.69) is 25.7 Å². The smallest absolute Gasteiger partial charge is 0.418 e. The average Bonchev–Trinajstić information content (AvgIpc) is 3.47. The lowest BCUT2D eigenvalue weighted by Gasteiger charge is -2.02. The van der Waals surface area contributed by atoms with Gasteiger partial charge in [-0.2, -0.15) is 0 Å². The number of unbranched alkanes of at least 4 members (excludes halogenated alkanes) is 1. The molecule has 2 aromatic heterocycles. The van der Waals surface area contributed by atoms with Crippen molar-refractivity contribution in [3.63, 3.8) is 0 Å². The van der Waals surface area contributed by atoms with Crippen molar-refractivity contribution in [1.82, 2.24) is 20.4 Å². The Hall–Kier alpha value is -3.70. The van der Waals surface area contributed by atoms with Gasteiger partial charge in [0.1, 0.15) is 26.5 Å². The van der Waals surface area contributed by atoms with Gasteiger partial charge in [-0.25, -0.2) is 4.79 Å². The molecule has 11 heteroatoms. The van der Waals surface area contributed by atoms with E-state index in [1.807, 2.05) is 24.3 Å². The molecule has 0 unspecified atom stereocenters. The van der Waals surface area contributed by atoms with Crippen LogP contribution in [-0.4, -0.2) is 32.5 Å². The number of amides is 1. The van der Waals surface area contributed by atoms with Crippen molar-refractivity contribution in [2.75, 3.05) is 5.32 Å². The molecule has 1 N–H and O–H groups in total. The van der Waals surface area contributed by atoms with Gasteiger partial charge in [0, 0.05) is 12.8 Å². The Labute approximate surface area is 203 Å². The van der Waals surface area contributed by atoms with E-state index in [0.717, 1.165) is 35.7 Å². The number of hydrogen-bond donors (Lipinski definition) is 1. The Morgan fingerprint density at radius 1 is 0.706 bits per heavy atom. The summed E-state index contributed by atoms with van der Waals surface area (Å²) in [6.07, 6.45) is 2.77. The SMILES string of the molecule is O=C(Cc1nnc(CCCCc2nnc(NC(=O)Oc3ccccc3)s2)s1)Oc1ccccc1. The third-order valence-electron chi connectivity index (χ3n) is 4.44. The molecule has 4 aromatic rings. The average molecular weight is 496 g/mol. The number of para-hydroxylation sites is 2. The molecular weight excluding hydrogens is 474 g/mol. The lowest BCUT2D eigenvalue weighted by Crippen LogP contribution is -2.16. The minimum absolute atomic E-state index is 0.0971. The number of benzene rings is 2. The molecule has 0 saturated heterocycles. The summed E-state index contributed by atoms with van der Waals surface area (Å²) in [4.78, 5) is 24.0. The van der Waals surface area contributed by atoms with Gasteiger partial charge in [-0.1, -0.05) is 47.7 Å². The molecule has 9 nitrogen and oxygen atoms in total. The van der Waals surface area contributed by atoms with Gasteiger partial charge in [0.25, 0.3) is 0 Å². The Balaban J connectivity index is 1.15. The highest BCUT2D eigenvalue weighted by atomic mass is 32.1. The number of nitrogens with one attached hydrogen (secondary N) is 1. The number of aryl methyl sites for hydroxylation is 2. The lowest BCUT2D eigenvalue weighted by atomic mass is 10.2. The Morgan fingerprint density at radius 2 is 1.26 bits per heavy atom. The Kier molecular flexibility index (Phi) is 8.25.